The second-order valence-corrected chi connectivity index (χ2v) is 5.95. The van der Waals surface area contributed by atoms with Gasteiger partial charge in [-0.05, 0) is 24.6 Å². The van der Waals surface area contributed by atoms with E-state index in [1.807, 2.05) is 18.2 Å². The maximum absolute atomic E-state index is 6.08. The molecule has 1 atom stereocenters. The Balaban J connectivity index is 2.42. The number of ether oxygens (including phenoxy) is 1. The summed E-state index contributed by atoms with van der Waals surface area (Å²) >= 11 is 6.08. The van der Waals surface area contributed by atoms with Gasteiger partial charge in [-0.1, -0.05) is 63.5 Å². The molecular weight excluding hydrogens is 284 g/mol. The van der Waals surface area contributed by atoms with Crippen LogP contribution in [0.1, 0.15) is 69.9 Å². The summed E-state index contributed by atoms with van der Waals surface area (Å²) in [7, 11) is 1.67. The average molecular weight is 313 g/mol. The molecule has 0 aromatic heterocycles. The highest BCUT2D eigenvalue weighted by molar-refractivity contribution is 6.30. The molecule has 0 aliphatic carbocycles. The third kappa shape index (κ3) is 6.68. The molecular formula is C17H29ClN2O. The Hall–Kier alpha value is -0.770. The van der Waals surface area contributed by atoms with E-state index in [4.69, 9.17) is 22.2 Å². The third-order valence-corrected chi connectivity index (χ3v) is 4.10. The molecule has 0 spiro atoms. The normalized spacial score (nSPS) is 12.4. The number of unbranched alkanes of at least 4 members (excludes halogenated alkanes) is 6. The topological polar surface area (TPSA) is 47.3 Å². The first-order chi connectivity index (χ1) is 10.2. The Bertz CT molecular complexity index is 398. The number of nitrogens with two attached hydrogens (primary N) is 1. The predicted octanol–water partition coefficient (Wildman–Crippen LogP) is 4.99. The minimum Gasteiger partial charge on any atom is -0.496 e. The molecule has 3 N–H and O–H groups in total. The zero-order chi connectivity index (χ0) is 15.5. The van der Waals surface area contributed by atoms with Crippen LogP contribution in [0.4, 0.5) is 0 Å². The van der Waals surface area contributed by atoms with Gasteiger partial charge in [0.25, 0.3) is 0 Å². The van der Waals surface area contributed by atoms with Crippen molar-refractivity contribution in [2.24, 2.45) is 5.84 Å². The predicted molar refractivity (Wildman–Crippen MR) is 90.7 cm³/mol. The molecule has 0 aliphatic heterocycles. The number of hydrogen-bond donors (Lipinski definition) is 2. The van der Waals surface area contributed by atoms with E-state index in [-0.39, 0.29) is 6.04 Å². The lowest BCUT2D eigenvalue weighted by atomic mass is 9.99. The van der Waals surface area contributed by atoms with E-state index in [0.29, 0.717) is 5.02 Å². The van der Waals surface area contributed by atoms with Crippen LogP contribution in [0.3, 0.4) is 0 Å². The van der Waals surface area contributed by atoms with Crippen LogP contribution in [0.2, 0.25) is 5.02 Å². The molecule has 0 aliphatic rings. The molecule has 0 amide bonds. The molecule has 1 unspecified atom stereocenters. The zero-order valence-corrected chi connectivity index (χ0v) is 14.1. The highest BCUT2D eigenvalue weighted by Crippen LogP contribution is 2.30. The molecule has 3 nitrogen and oxygen atoms in total. The second kappa shape index (κ2) is 10.9. The van der Waals surface area contributed by atoms with Crippen LogP contribution < -0.4 is 16.0 Å². The Kier molecular flexibility index (Phi) is 9.48. The fraction of sp³-hybridized carbons (Fsp3) is 0.647. The van der Waals surface area contributed by atoms with Gasteiger partial charge in [-0.3, -0.25) is 11.3 Å². The first-order valence-electron chi connectivity index (χ1n) is 8.02. The van der Waals surface area contributed by atoms with Crippen LogP contribution in [-0.2, 0) is 0 Å². The average Bonchev–Trinajstić information content (AvgIpc) is 2.50. The lowest BCUT2D eigenvalue weighted by Gasteiger charge is -2.19. The summed E-state index contributed by atoms with van der Waals surface area (Å²) in [5.41, 5.74) is 3.93. The van der Waals surface area contributed by atoms with Gasteiger partial charge < -0.3 is 4.74 Å². The van der Waals surface area contributed by atoms with Gasteiger partial charge >= 0.3 is 0 Å². The van der Waals surface area contributed by atoms with Crippen molar-refractivity contribution in [1.82, 2.24) is 5.43 Å². The zero-order valence-electron chi connectivity index (χ0n) is 13.3. The highest BCUT2D eigenvalue weighted by atomic mass is 35.5. The monoisotopic (exact) mass is 312 g/mol. The molecule has 0 saturated heterocycles. The van der Waals surface area contributed by atoms with Gasteiger partial charge in [0.05, 0.1) is 7.11 Å². The van der Waals surface area contributed by atoms with Crippen LogP contribution >= 0.6 is 11.6 Å². The fourth-order valence-electron chi connectivity index (χ4n) is 2.61. The molecule has 0 fully saturated rings. The number of benzene rings is 1. The van der Waals surface area contributed by atoms with Gasteiger partial charge in [-0.2, -0.15) is 0 Å². The van der Waals surface area contributed by atoms with Crippen LogP contribution in [0.5, 0.6) is 5.75 Å². The van der Waals surface area contributed by atoms with Crippen molar-refractivity contribution in [2.45, 2.75) is 64.3 Å². The van der Waals surface area contributed by atoms with Crippen LogP contribution in [0, 0.1) is 0 Å². The van der Waals surface area contributed by atoms with Crippen molar-refractivity contribution in [3.8, 4) is 5.75 Å². The van der Waals surface area contributed by atoms with E-state index in [0.717, 1.165) is 24.2 Å². The summed E-state index contributed by atoms with van der Waals surface area (Å²) in [6, 6.07) is 5.76. The highest BCUT2D eigenvalue weighted by Gasteiger charge is 2.15. The molecule has 0 bridgehead atoms. The lowest BCUT2D eigenvalue weighted by Crippen LogP contribution is -2.28. The number of rotatable bonds is 11. The summed E-state index contributed by atoms with van der Waals surface area (Å²) in [5.74, 6) is 6.55. The van der Waals surface area contributed by atoms with Crippen molar-refractivity contribution in [2.75, 3.05) is 7.11 Å². The Morgan fingerprint density at radius 1 is 1.14 bits per heavy atom. The quantitative estimate of drug-likeness (QED) is 0.343. The van der Waals surface area contributed by atoms with Gasteiger partial charge in [-0.15, -0.1) is 0 Å². The van der Waals surface area contributed by atoms with E-state index in [1.54, 1.807) is 7.11 Å². The maximum Gasteiger partial charge on any atom is 0.123 e. The summed E-state index contributed by atoms with van der Waals surface area (Å²) in [6.07, 6.45) is 10.1. The van der Waals surface area contributed by atoms with Gasteiger partial charge in [0.2, 0.25) is 0 Å². The summed E-state index contributed by atoms with van der Waals surface area (Å²) in [4.78, 5) is 0. The van der Waals surface area contributed by atoms with Crippen LogP contribution in [-0.4, -0.2) is 7.11 Å². The van der Waals surface area contributed by atoms with Gasteiger partial charge in [0.15, 0.2) is 0 Å². The van der Waals surface area contributed by atoms with Crippen LogP contribution in [0.25, 0.3) is 0 Å². The van der Waals surface area contributed by atoms with E-state index in [9.17, 15) is 0 Å². The number of halogens is 1. The molecule has 1 aromatic carbocycles. The SMILES string of the molecule is CCCCCCCCCC(NN)c1cc(Cl)ccc1OC. The largest absolute Gasteiger partial charge is 0.496 e. The number of hydrogen-bond acceptors (Lipinski definition) is 3. The molecule has 21 heavy (non-hydrogen) atoms. The van der Waals surface area contributed by atoms with E-state index in [2.05, 4.69) is 12.3 Å². The fourth-order valence-corrected chi connectivity index (χ4v) is 2.79. The number of methoxy groups -OCH3 is 1. The smallest absolute Gasteiger partial charge is 0.123 e. The first-order valence-corrected chi connectivity index (χ1v) is 8.40. The van der Waals surface area contributed by atoms with Crippen molar-refractivity contribution in [3.05, 3.63) is 28.8 Å². The van der Waals surface area contributed by atoms with E-state index in [1.165, 1.54) is 38.5 Å². The number of hydrazine groups is 1. The molecule has 120 valence electrons. The van der Waals surface area contributed by atoms with E-state index >= 15 is 0 Å². The molecule has 1 rings (SSSR count). The first kappa shape index (κ1) is 18.3. The van der Waals surface area contributed by atoms with Crippen molar-refractivity contribution in [1.29, 1.82) is 0 Å². The molecule has 0 radical (unpaired) electrons. The minimum atomic E-state index is 0.0919. The molecule has 0 saturated carbocycles. The number of nitrogens with one attached hydrogen (secondary N) is 1. The summed E-state index contributed by atoms with van der Waals surface area (Å²) in [5, 5.41) is 0.714. The Labute approximate surface area is 134 Å². The Morgan fingerprint density at radius 2 is 1.81 bits per heavy atom. The third-order valence-electron chi connectivity index (χ3n) is 3.86. The summed E-state index contributed by atoms with van der Waals surface area (Å²) in [6.45, 7) is 2.25. The van der Waals surface area contributed by atoms with Crippen molar-refractivity contribution >= 4 is 11.6 Å². The standard InChI is InChI=1S/C17H29ClN2O/c1-3-4-5-6-7-8-9-10-16(20-19)15-13-14(18)11-12-17(15)21-2/h11-13,16,20H,3-10,19H2,1-2H3. The van der Waals surface area contributed by atoms with Gasteiger partial charge in [0, 0.05) is 16.6 Å². The van der Waals surface area contributed by atoms with Crippen molar-refractivity contribution < 1.29 is 4.74 Å². The van der Waals surface area contributed by atoms with Crippen LogP contribution in [0.15, 0.2) is 18.2 Å². The molecule has 0 heterocycles. The van der Waals surface area contributed by atoms with Crippen molar-refractivity contribution in [3.63, 3.8) is 0 Å². The molecule has 4 heteroatoms. The lowest BCUT2D eigenvalue weighted by molar-refractivity contribution is 0.392. The minimum absolute atomic E-state index is 0.0919. The maximum atomic E-state index is 6.08. The van der Waals surface area contributed by atoms with Gasteiger partial charge in [-0.25, -0.2) is 0 Å². The summed E-state index contributed by atoms with van der Waals surface area (Å²) < 4.78 is 5.40. The second-order valence-electron chi connectivity index (χ2n) is 5.52. The van der Waals surface area contributed by atoms with E-state index < -0.39 is 0 Å². The van der Waals surface area contributed by atoms with Gasteiger partial charge in [0.1, 0.15) is 5.75 Å². The molecule has 1 aromatic rings. The Morgan fingerprint density at radius 3 is 2.43 bits per heavy atom.